The van der Waals surface area contributed by atoms with Crippen molar-refractivity contribution in [3.8, 4) is 0 Å². The zero-order valence-electron chi connectivity index (χ0n) is 10.4. The molecule has 0 unspecified atom stereocenters. The van der Waals surface area contributed by atoms with E-state index in [1.165, 1.54) is 5.56 Å². The normalized spacial score (nSPS) is 10.6. The van der Waals surface area contributed by atoms with Gasteiger partial charge in [-0.3, -0.25) is 0 Å². The Hall–Kier alpha value is -1.94. The van der Waals surface area contributed by atoms with Gasteiger partial charge in [0.1, 0.15) is 11.6 Å². The van der Waals surface area contributed by atoms with Crippen molar-refractivity contribution in [3.63, 3.8) is 0 Å². The van der Waals surface area contributed by atoms with E-state index in [0.29, 0.717) is 0 Å². The van der Waals surface area contributed by atoms with E-state index in [-0.39, 0.29) is 0 Å². The third-order valence-corrected chi connectivity index (χ3v) is 3.32. The maximum absolute atomic E-state index is 4.57. The Bertz CT molecular complexity index is 740. The van der Waals surface area contributed by atoms with Crippen LogP contribution in [0.1, 0.15) is 5.56 Å². The van der Waals surface area contributed by atoms with Crippen LogP contribution in [0.25, 0.3) is 10.9 Å². The van der Waals surface area contributed by atoms with Crippen LogP contribution in [0.5, 0.6) is 0 Å². The Morgan fingerprint density at radius 3 is 2.74 bits per heavy atom. The predicted molar refractivity (Wildman–Crippen MR) is 81.7 cm³/mol. The highest BCUT2D eigenvalue weighted by molar-refractivity contribution is 9.10. The third-order valence-electron chi connectivity index (χ3n) is 2.82. The first-order valence-electron chi connectivity index (χ1n) is 5.97. The number of fused-ring (bicyclic) bond motifs is 1. The van der Waals surface area contributed by atoms with Gasteiger partial charge in [-0.25, -0.2) is 9.97 Å². The smallest absolute Gasteiger partial charge is 0.132 e. The Labute approximate surface area is 119 Å². The highest BCUT2D eigenvalue weighted by Crippen LogP contribution is 2.21. The van der Waals surface area contributed by atoms with Crippen LogP contribution in [-0.2, 0) is 0 Å². The summed E-state index contributed by atoms with van der Waals surface area (Å²) >= 11 is 3.46. The van der Waals surface area contributed by atoms with Gasteiger partial charge in [0.25, 0.3) is 0 Å². The Kier molecular flexibility index (Phi) is 3.17. The van der Waals surface area contributed by atoms with Gasteiger partial charge in [-0.1, -0.05) is 15.9 Å². The average Bonchev–Trinajstić information content (AvgIpc) is 2.39. The molecule has 0 bridgehead atoms. The Balaban J connectivity index is 1.95. The third kappa shape index (κ3) is 2.74. The molecule has 4 heteroatoms. The van der Waals surface area contributed by atoms with Crippen LogP contribution >= 0.6 is 15.9 Å². The lowest BCUT2D eigenvalue weighted by Crippen LogP contribution is -1.96. The summed E-state index contributed by atoms with van der Waals surface area (Å²) in [5.74, 6) is 1.61. The van der Waals surface area contributed by atoms with Crippen LogP contribution in [0.2, 0.25) is 0 Å². The number of hydrogen-bond acceptors (Lipinski definition) is 3. The first-order chi connectivity index (χ1) is 9.20. The number of benzene rings is 1. The molecule has 3 aromatic rings. The molecular formula is C15H12BrN3. The molecule has 1 N–H and O–H groups in total. The van der Waals surface area contributed by atoms with Crippen LogP contribution < -0.4 is 5.32 Å². The molecule has 2 aromatic heterocycles. The van der Waals surface area contributed by atoms with Crippen molar-refractivity contribution in [1.29, 1.82) is 0 Å². The van der Waals surface area contributed by atoms with Crippen LogP contribution in [0.15, 0.2) is 53.1 Å². The fraction of sp³-hybridized carbons (Fsp3) is 0.0667. The number of aromatic nitrogens is 2. The molecule has 2 heterocycles. The van der Waals surface area contributed by atoms with E-state index in [9.17, 15) is 0 Å². The molecule has 0 aliphatic carbocycles. The minimum absolute atomic E-state index is 0.799. The number of anilines is 2. The molecule has 0 saturated carbocycles. The summed E-state index contributed by atoms with van der Waals surface area (Å²) in [4.78, 5) is 8.84. The van der Waals surface area contributed by atoms with Gasteiger partial charge in [-0.05, 0) is 55.0 Å². The van der Waals surface area contributed by atoms with Gasteiger partial charge in [-0.15, -0.1) is 0 Å². The minimum atomic E-state index is 0.799. The van der Waals surface area contributed by atoms with E-state index in [1.807, 2.05) is 43.3 Å². The van der Waals surface area contributed by atoms with E-state index in [4.69, 9.17) is 0 Å². The van der Waals surface area contributed by atoms with E-state index in [0.717, 1.165) is 27.0 Å². The molecule has 94 valence electrons. The lowest BCUT2D eigenvalue weighted by atomic mass is 10.2. The highest BCUT2D eigenvalue weighted by atomic mass is 79.9. The van der Waals surface area contributed by atoms with Crippen molar-refractivity contribution >= 4 is 38.5 Å². The topological polar surface area (TPSA) is 37.8 Å². The van der Waals surface area contributed by atoms with Crippen molar-refractivity contribution in [2.24, 2.45) is 0 Å². The van der Waals surface area contributed by atoms with Gasteiger partial charge in [0.2, 0.25) is 0 Å². The fourth-order valence-electron chi connectivity index (χ4n) is 1.90. The number of halogens is 1. The Morgan fingerprint density at radius 1 is 1.00 bits per heavy atom. The molecule has 0 aliphatic heterocycles. The maximum Gasteiger partial charge on any atom is 0.132 e. The quantitative estimate of drug-likeness (QED) is 0.759. The minimum Gasteiger partial charge on any atom is -0.325 e. The largest absolute Gasteiger partial charge is 0.325 e. The second-order valence-corrected chi connectivity index (χ2v) is 5.29. The molecule has 3 nitrogen and oxygen atoms in total. The van der Waals surface area contributed by atoms with Crippen LogP contribution in [0, 0.1) is 6.92 Å². The maximum atomic E-state index is 4.57. The lowest BCUT2D eigenvalue weighted by molar-refractivity contribution is 1.25. The van der Waals surface area contributed by atoms with Gasteiger partial charge >= 0.3 is 0 Å². The molecule has 3 rings (SSSR count). The first kappa shape index (κ1) is 12.1. The van der Waals surface area contributed by atoms with Crippen molar-refractivity contribution in [3.05, 3.63) is 58.7 Å². The highest BCUT2D eigenvalue weighted by Gasteiger charge is 2.00. The van der Waals surface area contributed by atoms with E-state index in [2.05, 4.69) is 37.3 Å². The van der Waals surface area contributed by atoms with Crippen molar-refractivity contribution in [1.82, 2.24) is 9.97 Å². The van der Waals surface area contributed by atoms with E-state index in [1.54, 1.807) is 6.20 Å². The van der Waals surface area contributed by atoms with Crippen LogP contribution in [0.3, 0.4) is 0 Å². The number of hydrogen-bond donors (Lipinski definition) is 1. The molecule has 19 heavy (non-hydrogen) atoms. The summed E-state index contributed by atoms with van der Waals surface area (Å²) in [6.45, 7) is 2.04. The van der Waals surface area contributed by atoms with E-state index < -0.39 is 0 Å². The van der Waals surface area contributed by atoms with E-state index >= 15 is 0 Å². The molecule has 0 aliphatic rings. The Morgan fingerprint density at radius 2 is 1.89 bits per heavy atom. The van der Waals surface area contributed by atoms with Crippen LogP contribution in [-0.4, -0.2) is 9.97 Å². The summed E-state index contributed by atoms with van der Waals surface area (Å²) in [7, 11) is 0. The van der Waals surface area contributed by atoms with Crippen molar-refractivity contribution < 1.29 is 0 Å². The summed E-state index contributed by atoms with van der Waals surface area (Å²) in [5.41, 5.74) is 2.13. The molecule has 1 aromatic carbocycles. The monoisotopic (exact) mass is 313 g/mol. The fourth-order valence-corrected chi connectivity index (χ4v) is 2.28. The van der Waals surface area contributed by atoms with Crippen LogP contribution in [0.4, 0.5) is 11.6 Å². The molecule has 0 amide bonds. The molecule has 0 spiro atoms. The molecule has 0 radical (unpaired) electrons. The second kappa shape index (κ2) is 4.97. The van der Waals surface area contributed by atoms with Gasteiger partial charge in [0, 0.05) is 16.1 Å². The summed E-state index contributed by atoms with van der Waals surface area (Å²) in [6.07, 6.45) is 1.79. The van der Waals surface area contributed by atoms with Crippen molar-refractivity contribution in [2.75, 3.05) is 5.32 Å². The number of nitrogens with zero attached hydrogens (tertiary/aromatic N) is 2. The van der Waals surface area contributed by atoms with Gasteiger partial charge < -0.3 is 5.32 Å². The molecule has 0 atom stereocenters. The zero-order valence-corrected chi connectivity index (χ0v) is 12.0. The lowest BCUT2D eigenvalue weighted by Gasteiger charge is -2.06. The van der Waals surface area contributed by atoms with Gasteiger partial charge in [0.15, 0.2) is 0 Å². The zero-order chi connectivity index (χ0) is 13.2. The predicted octanol–water partition coefficient (Wildman–Crippen LogP) is 4.44. The van der Waals surface area contributed by atoms with Gasteiger partial charge in [0.05, 0.1) is 5.52 Å². The average molecular weight is 314 g/mol. The first-order valence-corrected chi connectivity index (χ1v) is 6.76. The summed E-state index contributed by atoms with van der Waals surface area (Å²) < 4.78 is 1.06. The number of pyridine rings is 2. The SMILES string of the molecule is Cc1ccnc(Nc2ccc3cc(Br)ccc3n2)c1. The standard InChI is InChI=1S/C15H12BrN3/c1-10-6-7-17-15(8-10)19-14-5-2-11-9-12(16)3-4-13(11)18-14/h2-9H,1H3,(H,17,18,19). The molecule has 0 saturated heterocycles. The molecular weight excluding hydrogens is 302 g/mol. The van der Waals surface area contributed by atoms with Gasteiger partial charge in [-0.2, -0.15) is 0 Å². The number of aryl methyl sites for hydroxylation is 1. The summed E-state index contributed by atoms with van der Waals surface area (Å²) in [6, 6.07) is 14.0. The number of rotatable bonds is 2. The van der Waals surface area contributed by atoms with Crippen molar-refractivity contribution in [2.45, 2.75) is 6.92 Å². The second-order valence-electron chi connectivity index (χ2n) is 4.38. The molecule has 0 fully saturated rings. The summed E-state index contributed by atoms with van der Waals surface area (Å²) in [5, 5.41) is 4.33. The number of nitrogens with one attached hydrogen (secondary N) is 1.